The number of nitrogens with two attached hydrogens (primary N) is 1. The van der Waals surface area contributed by atoms with E-state index < -0.39 is 5.82 Å². The molecule has 0 radical (unpaired) electrons. The van der Waals surface area contributed by atoms with Gasteiger partial charge in [-0.2, -0.15) is 5.10 Å². The van der Waals surface area contributed by atoms with Crippen molar-refractivity contribution in [1.29, 1.82) is 0 Å². The number of benzene rings is 1. The summed E-state index contributed by atoms with van der Waals surface area (Å²) in [4.78, 5) is 11.7. The molecule has 0 unspecified atom stereocenters. The van der Waals surface area contributed by atoms with Gasteiger partial charge in [0.1, 0.15) is 5.82 Å². The fraction of sp³-hybridized carbons (Fsp3) is 0.0909. The van der Waals surface area contributed by atoms with Crippen LogP contribution in [0.2, 0.25) is 0 Å². The molecule has 1 aromatic carbocycles. The van der Waals surface area contributed by atoms with Gasteiger partial charge in [0.15, 0.2) is 5.69 Å². The summed E-state index contributed by atoms with van der Waals surface area (Å²) in [6, 6.07) is 5.60. The predicted octanol–water partition coefficient (Wildman–Crippen LogP) is 1.69. The number of aromatic nitrogens is 2. The van der Waals surface area contributed by atoms with Gasteiger partial charge in [-0.15, -0.1) is 0 Å². The maximum Gasteiger partial charge on any atom is 0.276 e. The second kappa shape index (κ2) is 4.25. The quantitative estimate of drug-likeness (QED) is 0.691. The van der Waals surface area contributed by atoms with Crippen molar-refractivity contribution in [2.75, 3.05) is 11.1 Å². The Kier molecular flexibility index (Phi) is 2.78. The van der Waals surface area contributed by atoms with E-state index in [2.05, 4.69) is 15.5 Å². The Morgan fingerprint density at radius 3 is 2.82 bits per heavy atom. The highest BCUT2D eigenvalue weighted by atomic mass is 19.1. The van der Waals surface area contributed by atoms with Gasteiger partial charge in [-0.25, -0.2) is 4.39 Å². The zero-order valence-corrected chi connectivity index (χ0v) is 9.12. The van der Waals surface area contributed by atoms with Crippen molar-refractivity contribution in [2.24, 2.45) is 0 Å². The number of rotatable bonds is 2. The topological polar surface area (TPSA) is 83.8 Å². The van der Waals surface area contributed by atoms with Crippen LogP contribution in [0, 0.1) is 12.7 Å². The number of nitrogens with zero attached hydrogens (tertiary/aromatic N) is 1. The van der Waals surface area contributed by atoms with Crippen molar-refractivity contribution < 1.29 is 9.18 Å². The minimum absolute atomic E-state index is 0.0130. The second-order valence-electron chi connectivity index (χ2n) is 3.63. The number of nitrogen functional groups attached to an aromatic ring is 1. The zero-order chi connectivity index (χ0) is 12.4. The van der Waals surface area contributed by atoms with Crippen LogP contribution in [-0.2, 0) is 0 Å². The van der Waals surface area contributed by atoms with Gasteiger partial charge < -0.3 is 11.1 Å². The Hall–Kier alpha value is -2.37. The van der Waals surface area contributed by atoms with Crippen molar-refractivity contribution in [3.05, 3.63) is 41.5 Å². The van der Waals surface area contributed by atoms with E-state index in [0.29, 0.717) is 5.69 Å². The second-order valence-corrected chi connectivity index (χ2v) is 3.63. The van der Waals surface area contributed by atoms with Gasteiger partial charge in [0, 0.05) is 11.4 Å². The first-order chi connectivity index (χ1) is 8.06. The fourth-order valence-electron chi connectivity index (χ4n) is 1.35. The molecule has 0 bridgehead atoms. The van der Waals surface area contributed by atoms with Crippen molar-refractivity contribution in [1.82, 2.24) is 10.2 Å². The number of amides is 1. The number of aryl methyl sites for hydroxylation is 1. The lowest BCUT2D eigenvalue weighted by Crippen LogP contribution is -2.12. The van der Waals surface area contributed by atoms with E-state index in [0.717, 1.165) is 5.69 Å². The van der Waals surface area contributed by atoms with E-state index in [1.165, 1.54) is 18.2 Å². The van der Waals surface area contributed by atoms with Gasteiger partial charge in [-0.3, -0.25) is 9.89 Å². The Bertz CT molecular complexity index is 564. The standard InChI is InChI=1S/C11H11FN4O/c1-6-4-10(16-15-6)11(17)14-7-2-3-8(12)9(13)5-7/h2-5H,13H2,1H3,(H,14,17)(H,15,16). The van der Waals surface area contributed by atoms with Gasteiger partial charge in [0.2, 0.25) is 0 Å². The Balaban J connectivity index is 2.15. The first-order valence-electron chi connectivity index (χ1n) is 4.94. The molecule has 0 saturated heterocycles. The number of anilines is 2. The van der Waals surface area contributed by atoms with Gasteiger partial charge in [-0.1, -0.05) is 0 Å². The summed E-state index contributed by atoms with van der Waals surface area (Å²) in [6.07, 6.45) is 0. The van der Waals surface area contributed by atoms with Crippen LogP contribution in [0.15, 0.2) is 24.3 Å². The number of carbonyl (C=O) groups excluding carboxylic acids is 1. The highest BCUT2D eigenvalue weighted by Gasteiger charge is 2.10. The van der Waals surface area contributed by atoms with Crippen LogP contribution in [-0.4, -0.2) is 16.1 Å². The molecule has 0 fully saturated rings. The van der Waals surface area contributed by atoms with Gasteiger partial charge in [-0.05, 0) is 31.2 Å². The molecule has 1 heterocycles. The fourth-order valence-corrected chi connectivity index (χ4v) is 1.35. The number of hydrogen-bond acceptors (Lipinski definition) is 3. The van der Waals surface area contributed by atoms with Crippen LogP contribution >= 0.6 is 0 Å². The molecule has 5 nitrogen and oxygen atoms in total. The van der Waals surface area contributed by atoms with Crippen molar-refractivity contribution in [3.8, 4) is 0 Å². The van der Waals surface area contributed by atoms with Crippen LogP contribution in [0.4, 0.5) is 15.8 Å². The summed E-state index contributed by atoms with van der Waals surface area (Å²) in [7, 11) is 0. The van der Waals surface area contributed by atoms with Gasteiger partial charge in [0.25, 0.3) is 5.91 Å². The molecule has 0 spiro atoms. The van der Waals surface area contributed by atoms with Crippen LogP contribution in [0.5, 0.6) is 0 Å². The van der Waals surface area contributed by atoms with Crippen molar-refractivity contribution >= 4 is 17.3 Å². The number of aromatic amines is 1. The van der Waals surface area contributed by atoms with Gasteiger partial charge >= 0.3 is 0 Å². The minimum atomic E-state index is -0.515. The van der Waals surface area contributed by atoms with Crippen LogP contribution in [0.1, 0.15) is 16.2 Å². The third kappa shape index (κ3) is 2.41. The highest BCUT2D eigenvalue weighted by molar-refractivity contribution is 6.03. The molecule has 2 rings (SSSR count). The van der Waals surface area contributed by atoms with Crippen LogP contribution in [0.25, 0.3) is 0 Å². The minimum Gasteiger partial charge on any atom is -0.396 e. The molecule has 1 amide bonds. The zero-order valence-electron chi connectivity index (χ0n) is 9.12. The maximum absolute atomic E-state index is 12.9. The summed E-state index contributed by atoms with van der Waals surface area (Å²) in [5.41, 5.74) is 6.86. The Morgan fingerprint density at radius 1 is 1.47 bits per heavy atom. The smallest absolute Gasteiger partial charge is 0.276 e. The molecule has 17 heavy (non-hydrogen) atoms. The first kappa shape index (κ1) is 11.1. The number of halogens is 1. The summed E-state index contributed by atoms with van der Waals surface area (Å²) >= 11 is 0. The Labute approximate surface area is 96.8 Å². The monoisotopic (exact) mass is 234 g/mol. The lowest BCUT2D eigenvalue weighted by molar-refractivity contribution is 0.102. The highest BCUT2D eigenvalue weighted by Crippen LogP contribution is 2.16. The summed E-state index contributed by atoms with van der Waals surface area (Å²) in [6.45, 7) is 1.79. The molecule has 0 atom stereocenters. The molecule has 2 aromatic rings. The molecule has 1 aromatic heterocycles. The van der Waals surface area contributed by atoms with E-state index in [4.69, 9.17) is 5.73 Å². The predicted molar refractivity (Wildman–Crippen MR) is 62.1 cm³/mol. The molecular formula is C11H11FN4O. The summed E-state index contributed by atoms with van der Waals surface area (Å²) in [5, 5.41) is 9.04. The summed E-state index contributed by atoms with van der Waals surface area (Å²) < 4.78 is 12.9. The largest absolute Gasteiger partial charge is 0.396 e. The third-order valence-corrected chi connectivity index (χ3v) is 2.19. The molecule has 6 heteroatoms. The normalized spacial score (nSPS) is 10.2. The Morgan fingerprint density at radius 2 is 2.24 bits per heavy atom. The average Bonchev–Trinajstić information content (AvgIpc) is 2.70. The summed E-state index contributed by atoms with van der Waals surface area (Å²) in [5.74, 6) is -0.890. The number of hydrogen-bond donors (Lipinski definition) is 3. The molecule has 0 aliphatic rings. The molecular weight excluding hydrogens is 223 g/mol. The van der Waals surface area contributed by atoms with Crippen LogP contribution in [0.3, 0.4) is 0 Å². The first-order valence-corrected chi connectivity index (χ1v) is 4.94. The van der Waals surface area contributed by atoms with E-state index >= 15 is 0 Å². The van der Waals surface area contributed by atoms with Crippen LogP contribution < -0.4 is 11.1 Å². The lowest BCUT2D eigenvalue weighted by atomic mass is 10.2. The van der Waals surface area contributed by atoms with Crippen molar-refractivity contribution in [2.45, 2.75) is 6.92 Å². The third-order valence-electron chi connectivity index (χ3n) is 2.19. The maximum atomic E-state index is 12.9. The van der Waals surface area contributed by atoms with Gasteiger partial charge in [0.05, 0.1) is 5.69 Å². The molecule has 0 aliphatic heterocycles. The lowest BCUT2D eigenvalue weighted by Gasteiger charge is -2.04. The molecule has 0 aliphatic carbocycles. The molecule has 4 N–H and O–H groups in total. The van der Waals surface area contributed by atoms with E-state index in [9.17, 15) is 9.18 Å². The SMILES string of the molecule is Cc1cc(C(=O)Nc2ccc(F)c(N)c2)n[nH]1. The number of carbonyl (C=O) groups is 1. The number of nitrogens with one attached hydrogen (secondary N) is 2. The average molecular weight is 234 g/mol. The van der Waals surface area contributed by atoms with Crippen molar-refractivity contribution in [3.63, 3.8) is 0 Å². The van der Waals surface area contributed by atoms with E-state index in [-0.39, 0.29) is 17.3 Å². The molecule has 0 saturated carbocycles. The van der Waals surface area contributed by atoms with E-state index in [1.807, 2.05) is 0 Å². The van der Waals surface area contributed by atoms with E-state index in [1.54, 1.807) is 13.0 Å². The number of H-pyrrole nitrogens is 1. The molecule has 88 valence electrons.